The van der Waals surface area contributed by atoms with Crippen molar-refractivity contribution in [1.29, 1.82) is 0 Å². The molecule has 0 amide bonds. The molecular formula is C4H8N6. The zero-order valence-corrected chi connectivity index (χ0v) is 5.41. The average molecular weight is 140 g/mol. The van der Waals surface area contributed by atoms with Crippen molar-refractivity contribution >= 4 is 26.1 Å². The second kappa shape index (κ2) is 5.42. The van der Waals surface area contributed by atoms with E-state index in [-0.39, 0.29) is 5.96 Å². The van der Waals surface area contributed by atoms with E-state index in [0.29, 0.717) is 0 Å². The minimum absolute atomic E-state index is 0.222. The van der Waals surface area contributed by atoms with Gasteiger partial charge in [0.2, 0.25) is 0 Å². The van der Waals surface area contributed by atoms with Gasteiger partial charge in [0.05, 0.1) is 0 Å². The predicted octanol–water partition coefficient (Wildman–Crippen LogP) is -0.632. The van der Waals surface area contributed by atoms with Crippen molar-refractivity contribution in [3.05, 3.63) is 0 Å². The van der Waals surface area contributed by atoms with Gasteiger partial charge in [0.25, 0.3) is 5.96 Å². The van der Waals surface area contributed by atoms with Crippen molar-refractivity contribution in [3.8, 4) is 0 Å². The SMILES string of the molecule is C=NN=C(NN=C)NN=C. The molecule has 54 valence electrons. The highest BCUT2D eigenvalue weighted by molar-refractivity contribution is 5.79. The highest BCUT2D eigenvalue weighted by atomic mass is 15.5. The van der Waals surface area contributed by atoms with Crippen molar-refractivity contribution in [1.82, 2.24) is 10.9 Å². The molecule has 0 aliphatic carbocycles. The van der Waals surface area contributed by atoms with Crippen molar-refractivity contribution < 1.29 is 0 Å². The van der Waals surface area contributed by atoms with Gasteiger partial charge in [-0.3, -0.25) is 0 Å². The van der Waals surface area contributed by atoms with Gasteiger partial charge < -0.3 is 0 Å². The highest BCUT2D eigenvalue weighted by Crippen LogP contribution is 1.69. The van der Waals surface area contributed by atoms with Gasteiger partial charge in [0.1, 0.15) is 0 Å². The first kappa shape index (κ1) is 8.28. The van der Waals surface area contributed by atoms with Crippen molar-refractivity contribution in [2.24, 2.45) is 20.4 Å². The molecule has 10 heavy (non-hydrogen) atoms. The maximum absolute atomic E-state index is 3.44. The summed E-state index contributed by atoms with van der Waals surface area (Å²) in [6.07, 6.45) is 0. The molecule has 0 saturated carbocycles. The molecule has 0 aliphatic rings. The highest BCUT2D eigenvalue weighted by Gasteiger charge is 1.88. The number of hydrogen-bond donors (Lipinski definition) is 2. The smallest absolute Gasteiger partial charge is 0.245 e. The van der Waals surface area contributed by atoms with E-state index in [9.17, 15) is 0 Å². The Bertz CT molecular complexity index is 147. The molecule has 0 heterocycles. The van der Waals surface area contributed by atoms with E-state index in [4.69, 9.17) is 0 Å². The molecule has 6 heteroatoms. The van der Waals surface area contributed by atoms with Crippen LogP contribution in [0.4, 0.5) is 0 Å². The molecular weight excluding hydrogens is 132 g/mol. The first-order chi connectivity index (χ1) is 4.85. The lowest BCUT2D eigenvalue weighted by Gasteiger charge is -1.98. The fourth-order valence-corrected chi connectivity index (χ4v) is 0.290. The fraction of sp³-hybridized carbons (Fsp3) is 0. The van der Waals surface area contributed by atoms with Crippen molar-refractivity contribution in [2.45, 2.75) is 0 Å². The van der Waals surface area contributed by atoms with Crippen LogP contribution in [-0.2, 0) is 0 Å². The number of guanidine groups is 1. The summed E-state index contributed by atoms with van der Waals surface area (Å²) >= 11 is 0. The van der Waals surface area contributed by atoms with Crippen LogP contribution in [0, 0.1) is 0 Å². The molecule has 0 unspecified atom stereocenters. The Balaban J connectivity index is 3.94. The van der Waals surface area contributed by atoms with Gasteiger partial charge in [-0.1, -0.05) is 0 Å². The molecule has 2 N–H and O–H groups in total. The Kier molecular flexibility index (Phi) is 4.49. The van der Waals surface area contributed by atoms with Crippen LogP contribution in [-0.4, -0.2) is 26.1 Å². The van der Waals surface area contributed by atoms with Gasteiger partial charge in [0.15, 0.2) is 0 Å². The molecule has 0 fully saturated rings. The van der Waals surface area contributed by atoms with Crippen LogP contribution in [0.25, 0.3) is 0 Å². The van der Waals surface area contributed by atoms with E-state index in [1.807, 2.05) is 0 Å². The second-order valence-corrected chi connectivity index (χ2v) is 1.13. The Morgan fingerprint density at radius 3 is 1.80 bits per heavy atom. The van der Waals surface area contributed by atoms with E-state index in [1.165, 1.54) is 0 Å². The number of nitrogens with zero attached hydrogens (tertiary/aromatic N) is 4. The summed E-state index contributed by atoms with van der Waals surface area (Å²) in [6.45, 7) is 9.44. The van der Waals surface area contributed by atoms with Gasteiger partial charge in [-0.05, 0) is 0 Å². The van der Waals surface area contributed by atoms with Gasteiger partial charge in [-0.25, -0.2) is 10.9 Å². The number of hydrogen-bond acceptors (Lipinski definition) is 4. The summed E-state index contributed by atoms with van der Waals surface area (Å²) in [5, 5.41) is 13.3. The second-order valence-electron chi connectivity index (χ2n) is 1.13. The Hall–Kier alpha value is -1.72. The van der Waals surface area contributed by atoms with Crippen LogP contribution in [0.5, 0.6) is 0 Å². The van der Waals surface area contributed by atoms with Crippen LogP contribution >= 0.6 is 0 Å². The van der Waals surface area contributed by atoms with E-state index in [0.717, 1.165) is 0 Å². The molecule has 6 nitrogen and oxygen atoms in total. The minimum atomic E-state index is 0.222. The Labute approximate surface area is 58.4 Å². The Morgan fingerprint density at radius 2 is 1.50 bits per heavy atom. The molecule has 0 saturated heterocycles. The molecule has 0 radical (unpaired) electrons. The van der Waals surface area contributed by atoms with Crippen LogP contribution < -0.4 is 10.9 Å². The molecule has 0 aromatic carbocycles. The molecule has 0 aromatic rings. The average Bonchev–Trinajstić information content (AvgIpc) is 1.90. The van der Waals surface area contributed by atoms with Crippen LogP contribution in [0.3, 0.4) is 0 Å². The summed E-state index contributed by atoms with van der Waals surface area (Å²) in [7, 11) is 0. The lowest BCUT2D eigenvalue weighted by Crippen LogP contribution is -2.29. The standard InChI is InChI=1S/C4H8N6/c1-5-8-4(9-6-2)10-7-3/h1-3H2,(H2,8,9,10). The van der Waals surface area contributed by atoms with E-state index >= 15 is 0 Å². The molecule has 0 bridgehead atoms. The molecule has 0 aromatic heterocycles. The molecule has 0 rings (SSSR count). The topological polar surface area (TPSA) is 73.5 Å². The molecule has 0 spiro atoms. The van der Waals surface area contributed by atoms with Crippen molar-refractivity contribution in [2.75, 3.05) is 0 Å². The molecule has 0 atom stereocenters. The third-order valence-corrected chi connectivity index (χ3v) is 0.541. The third kappa shape index (κ3) is 3.30. The zero-order valence-electron chi connectivity index (χ0n) is 5.41. The Morgan fingerprint density at radius 1 is 1.00 bits per heavy atom. The van der Waals surface area contributed by atoms with E-state index in [1.54, 1.807) is 0 Å². The first-order valence-corrected chi connectivity index (χ1v) is 2.32. The maximum atomic E-state index is 3.44. The van der Waals surface area contributed by atoms with Crippen LogP contribution in [0.1, 0.15) is 0 Å². The summed E-state index contributed by atoms with van der Waals surface area (Å²) in [4.78, 5) is 0. The van der Waals surface area contributed by atoms with Gasteiger partial charge >= 0.3 is 0 Å². The summed E-state index contributed by atoms with van der Waals surface area (Å²) < 4.78 is 0. The number of nitrogens with one attached hydrogen (secondary N) is 2. The fourth-order valence-electron chi connectivity index (χ4n) is 0.290. The number of hydrazone groups is 2. The lowest BCUT2D eigenvalue weighted by atomic mass is 11.0. The summed E-state index contributed by atoms with van der Waals surface area (Å²) in [6, 6.07) is 0. The van der Waals surface area contributed by atoms with Gasteiger partial charge in [-0.15, -0.1) is 5.10 Å². The lowest BCUT2D eigenvalue weighted by molar-refractivity contribution is 0.895. The number of rotatable bonds is 3. The van der Waals surface area contributed by atoms with Crippen LogP contribution in [0.2, 0.25) is 0 Å². The quantitative estimate of drug-likeness (QED) is 0.311. The van der Waals surface area contributed by atoms with Gasteiger partial charge in [0, 0.05) is 20.2 Å². The zero-order chi connectivity index (χ0) is 7.82. The largest absolute Gasteiger partial charge is 0.257 e. The maximum Gasteiger partial charge on any atom is 0.257 e. The van der Waals surface area contributed by atoms with E-state index in [2.05, 4.69) is 51.4 Å². The normalized spacial score (nSPS) is 7.20. The first-order valence-electron chi connectivity index (χ1n) is 2.32. The minimum Gasteiger partial charge on any atom is -0.245 e. The summed E-state index contributed by atoms with van der Waals surface area (Å²) in [5.74, 6) is 0.222. The monoisotopic (exact) mass is 140 g/mol. The van der Waals surface area contributed by atoms with Gasteiger partial charge in [-0.2, -0.15) is 15.3 Å². The van der Waals surface area contributed by atoms with E-state index < -0.39 is 0 Å². The van der Waals surface area contributed by atoms with Crippen LogP contribution in [0.15, 0.2) is 20.4 Å². The third-order valence-electron chi connectivity index (χ3n) is 0.541. The van der Waals surface area contributed by atoms with Crippen molar-refractivity contribution in [3.63, 3.8) is 0 Å². The predicted molar refractivity (Wildman–Crippen MR) is 42.4 cm³/mol. The summed E-state index contributed by atoms with van der Waals surface area (Å²) in [5.41, 5.74) is 4.74. The molecule has 0 aliphatic heterocycles.